The fourth-order valence-corrected chi connectivity index (χ4v) is 1.75. The van der Waals surface area contributed by atoms with Gasteiger partial charge in [0.05, 0.1) is 20.3 Å². The van der Waals surface area contributed by atoms with Gasteiger partial charge in [-0.15, -0.1) is 0 Å². The van der Waals surface area contributed by atoms with Gasteiger partial charge in [0.25, 0.3) is 0 Å². The molecule has 6 nitrogen and oxygen atoms in total. The van der Waals surface area contributed by atoms with Crippen LogP contribution < -0.4 is 20.5 Å². The standard InChI is InChI=1S/C15H24N2O4/c1-15(2,3)21-14(18)17-9-12(16)11-8-10(19-4)6-7-13(11)20-5/h6-8,12H,9,16H2,1-5H3,(H,17,18). The third-order valence-electron chi connectivity index (χ3n) is 2.70. The molecule has 0 spiro atoms. The lowest BCUT2D eigenvalue weighted by atomic mass is 10.1. The predicted molar refractivity (Wildman–Crippen MR) is 80.7 cm³/mol. The molecule has 1 unspecified atom stereocenters. The van der Waals surface area contributed by atoms with Gasteiger partial charge in [-0.25, -0.2) is 4.79 Å². The first-order valence-electron chi connectivity index (χ1n) is 6.71. The maximum atomic E-state index is 11.6. The van der Waals surface area contributed by atoms with Crippen LogP contribution in [0.15, 0.2) is 18.2 Å². The Morgan fingerprint density at radius 2 is 1.95 bits per heavy atom. The van der Waals surface area contributed by atoms with Gasteiger partial charge in [-0.05, 0) is 39.0 Å². The molecular weight excluding hydrogens is 272 g/mol. The van der Waals surface area contributed by atoms with Crippen LogP contribution in [0.5, 0.6) is 11.5 Å². The first-order chi connectivity index (χ1) is 9.76. The summed E-state index contributed by atoms with van der Waals surface area (Å²) in [5.41, 5.74) is 6.32. The van der Waals surface area contributed by atoms with Crippen LogP contribution in [0, 0.1) is 0 Å². The van der Waals surface area contributed by atoms with E-state index in [9.17, 15) is 4.79 Å². The van der Waals surface area contributed by atoms with Gasteiger partial charge in [0, 0.05) is 12.1 Å². The molecule has 1 aromatic carbocycles. The van der Waals surface area contributed by atoms with Crippen molar-refractivity contribution in [2.24, 2.45) is 5.73 Å². The quantitative estimate of drug-likeness (QED) is 0.870. The number of methoxy groups -OCH3 is 2. The Hall–Kier alpha value is -1.95. The Labute approximate surface area is 125 Å². The van der Waals surface area contributed by atoms with Crippen molar-refractivity contribution in [2.45, 2.75) is 32.4 Å². The molecule has 3 N–H and O–H groups in total. The summed E-state index contributed by atoms with van der Waals surface area (Å²) in [5, 5.41) is 2.64. The molecular formula is C15H24N2O4. The summed E-state index contributed by atoms with van der Waals surface area (Å²) < 4.78 is 15.6. The van der Waals surface area contributed by atoms with Crippen LogP contribution in [0.4, 0.5) is 4.79 Å². The molecule has 0 aromatic heterocycles. The van der Waals surface area contributed by atoms with Crippen molar-refractivity contribution >= 4 is 6.09 Å². The molecule has 0 bridgehead atoms. The minimum absolute atomic E-state index is 0.235. The van der Waals surface area contributed by atoms with Crippen molar-refractivity contribution in [1.82, 2.24) is 5.32 Å². The van der Waals surface area contributed by atoms with Crippen molar-refractivity contribution in [1.29, 1.82) is 0 Å². The number of nitrogens with one attached hydrogen (secondary N) is 1. The molecule has 21 heavy (non-hydrogen) atoms. The zero-order valence-electron chi connectivity index (χ0n) is 13.2. The molecule has 0 aliphatic carbocycles. The number of rotatable bonds is 5. The summed E-state index contributed by atoms with van der Waals surface area (Å²) in [7, 11) is 3.15. The van der Waals surface area contributed by atoms with Gasteiger partial charge in [-0.3, -0.25) is 0 Å². The summed E-state index contributed by atoms with van der Waals surface area (Å²) in [6, 6.07) is 4.93. The third-order valence-corrected chi connectivity index (χ3v) is 2.70. The number of hydrogen-bond acceptors (Lipinski definition) is 5. The monoisotopic (exact) mass is 296 g/mol. The van der Waals surface area contributed by atoms with Gasteiger partial charge in [0.15, 0.2) is 0 Å². The molecule has 6 heteroatoms. The Morgan fingerprint density at radius 1 is 1.29 bits per heavy atom. The molecule has 1 atom stereocenters. The number of carbonyl (C=O) groups is 1. The maximum Gasteiger partial charge on any atom is 0.407 e. The lowest BCUT2D eigenvalue weighted by Gasteiger charge is -2.21. The van der Waals surface area contributed by atoms with Gasteiger partial charge in [-0.2, -0.15) is 0 Å². The van der Waals surface area contributed by atoms with Crippen molar-refractivity contribution in [3.63, 3.8) is 0 Å². The second-order valence-corrected chi connectivity index (χ2v) is 5.60. The van der Waals surface area contributed by atoms with Gasteiger partial charge < -0.3 is 25.3 Å². The zero-order chi connectivity index (χ0) is 16.0. The molecule has 0 fully saturated rings. The number of ether oxygens (including phenoxy) is 3. The Bertz CT molecular complexity index is 483. The first kappa shape index (κ1) is 17.1. The van der Waals surface area contributed by atoms with Gasteiger partial charge >= 0.3 is 6.09 Å². The number of hydrogen-bond donors (Lipinski definition) is 2. The number of nitrogens with two attached hydrogens (primary N) is 1. The molecule has 1 aromatic rings. The van der Waals surface area contributed by atoms with Crippen molar-refractivity contribution in [3.05, 3.63) is 23.8 Å². The van der Waals surface area contributed by atoms with E-state index in [0.717, 1.165) is 5.56 Å². The van der Waals surface area contributed by atoms with E-state index in [1.54, 1.807) is 53.2 Å². The average Bonchev–Trinajstić information content (AvgIpc) is 2.42. The maximum absolute atomic E-state index is 11.6. The topological polar surface area (TPSA) is 82.8 Å². The van der Waals surface area contributed by atoms with Gasteiger partial charge in [0.1, 0.15) is 17.1 Å². The number of carbonyl (C=O) groups excluding carboxylic acids is 1. The zero-order valence-corrected chi connectivity index (χ0v) is 13.2. The molecule has 118 valence electrons. The number of alkyl carbamates (subject to hydrolysis) is 1. The van der Waals surface area contributed by atoms with Crippen LogP contribution in [-0.2, 0) is 4.74 Å². The van der Waals surface area contributed by atoms with E-state index < -0.39 is 17.7 Å². The molecule has 0 aliphatic heterocycles. The van der Waals surface area contributed by atoms with E-state index in [1.807, 2.05) is 0 Å². The second kappa shape index (κ2) is 7.17. The summed E-state index contributed by atoms with van der Waals surface area (Å²) in [4.78, 5) is 11.6. The van der Waals surface area contributed by atoms with Crippen molar-refractivity contribution in [2.75, 3.05) is 20.8 Å². The molecule has 1 rings (SSSR count). The highest BCUT2D eigenvalue weighted by molar-refractivity contribution is 5.67. The Balaban J connectivity index is 2.71. The molecule has 0 radical (unpaired) electrons. The van der Waals surface area contributed by atoms with Crippen LogP contribution >= 0.6 is 0 Å². The van der Waals surface area contributed by atoms with Gasteiger partial charge in [0.2, 0.25) is 0 Å². The summed E-state index contributed by atoms with van der Waals surface area (Å²) in [6.07, 6.45) is -0.500. The van der Waals surface area contributed by atoms with Crippen LogP contribution in [0.1, 0.15) is 32.4 Å². The number of amides is 1. The summed E-state index contributed by atoms with van der Waals surface area (Å²) in [6.45, 7) is 5.64. The molecule has 0 heterocycles. The van der Waals surface area contributed by atoms with E-state index in [-0.39, 0.29) is 6.54 Å². The smallest absolute Gasteiger partial charge is 0.407 e. The van der Waals surface area contributed by atoms with E-state index in [1.165, 1.54) is 0 Å². The molecule has 1 amide bonds. The lowest BCUT2D eigenvalue weighted by Crippen LogP contribution is -2.36. The SMILES string of the molecule is COc1ccc(OC)c(C(N)CNC(=O)OC(C)(C)C)c1. The van der Waals surface area contributed by atoms with E-state index in [4.69, 9.17) is 19.9 Å². The van der Waals surface area contributed by atoms with Crippen LogP contribution in [-0.4, -0.2) is 32.5 Å². The van der Waals surface area contributed by atoms with Crippen LogP contribution in [0.2, 0.25) is 0 Å². The highest BCUT2D eigenvalue weighted by atomic mass is 16.6. The van der Waals surface area contributed by atoms with Crippen molar-refractivity contribution < 1.29 is 19.0 Å². The first-order valence-corrected chi connectivity index (χ1v) is 6.71. The van der Waals surface area contributed by atoms with E-state index >= 15 is 0 Å². The van der Waals surface area contributed by atoms with Crippen LogP contribution in [0.3, 0.4) is 0 Å². The fourth-order valence-electron chi connectivity index (χ4n) is 1.75. The fraction of sp³-hybridized carbons (Fsp3) is 0.533. The van der Waals surface area contributed by atoms with E-state index in [2.05, 4.69) is 5.32 Å². The van der Waals surface area contributed by atoms with Crippen LogP contribution in [0.25, 0.3) is 0 Å². The predicted octanol–water partition coefficient (Wildman–Crippen LogP) is 2.23. The van der Waals surface area contributed by atoms with Crippen molar-refractivity contribution in [3.8, 4) is 11.5 Å². The summed E-state index contributed by atoms with van der Waals surface area (Å²) >= 11 is 0. The number of benzene rings is 1. The van der Waals surface area contributed by atoms with Gasteiger partial charge in [-0.1, -0.05) is 0 Å². The minimum atomic E-state index is -0.540. The normalized spacial score (nSPS) is 12.5. The second-order valence-electron chi connectivity index (χ2n) is 5.60. The largest absolute Gasteiger partial charge is 0.497 e. The third kappa shape index (κ3) is 5.51. The highest BCUT2D eigenvalue weighted by Gasteiger charge is 2.18. The average molecular weight is 296 g/mol. The lowest BCUT2D eigenvalue weighted by molar-refractivity contribution is 0.0524. The Kier molecular flexibility index (Phi) is 5.84. The Morgan fingerprint density at radius 3 is 2.48 bits per heavy atom. The molecule has 0 aliphatic rings. The minimum Gasteiger partial charge on any atom is -0.497 e. The summed E-state index contributed by atoms with van der Waals surface area (Å²) in [5.74, 6) is 1.33. The van der Waals surface area contributed by atoms with E-state index in [0.29, 0.717) is 11.5 Å². The molecule has 0 saturated carbocycles. The highest BCUT2D eigenvalue weighted by Crippen LogP contribution is 2.28. The molecule has 0 saturated heterocycles.